The monoisotopic (exact) mass is 464 g/mol. The van der Waals surface area contributed by atoms with Gasteiger partial charge >= 0.3 is 0 Å². The summed E-state index contributed by atoms with van der Waals surface area (Å²) in [4.78, 5) is 43.2. The first-order chi connectivity index (χ1) is 16.6. The average molecular weight is 464 g/mol. The van der Waals surface area contributed by atoms with Gasteiger partial charge in [0.2, 0.25) is 24.5 Å². The number of hydrogen-bond donors (Lipinski definition) is 2. The highest BCUT2D eigenvalue weighted by atomic mass is 16.7. The van der Waals surface area contributed by atoms with Crippen LogP contribution in [-0.4, -0.2) is 40.9 Å². The van der Waals surface area contributed by atoms with E-state index in [0.29, 0.717) is 23.1 Å². The summed E-state index contributed by atoms with van der Waals surface area (Å²) in [6.45, 7) is 0.355. The molecular weight excluding hydrogens is 440 g/mol. The molecule has 1 aromatic carbocycles. The molecule has 0 saturated carbocycles. The van der Waals surface area contributed by atoms with Crippen LogP contribution >= 0.6 is 0 Å². The number of fused-ring (bicyclic) bond motifs is 1. The lowest BCUT2D eigenvalue weighted by Gasteiger charge is -2.22. The van der Waals surface area contributed by atoms with E-state index in [0.717, 1.165) is 5.56 Å². The first kappa shape index (κ1) is 22.8. The van der Waals surface area contributed by atoms with Crippen LogP contribution in [0.4, 0.5) is 5.82 Å². The third-order valence-electron chi connectivity index (χ3n) is 5.04. The first-order valence-electron chi connectivity index (χ1n) is 10.7. The zero-order valence-corrected chi connectivity index (χ0v) is 18.4. The number of carbonyl (C=O) groups excluding carboxylic acids is 3. The average Bonchev–Trinajstić information content (AvgIpc) is 3.53. The Bertz CT molecular complexity index is 1130. The summed E-state index contributed by atoms with van der Waals surface area (Å²) in [5.74, 6) is 1.22. The van der Waals surface area contributed by atoms with Crippen LogP contribution in [0.25, 0.3) is 0 Å². The molecule has 0 bridgehead atoms. The molecule has 34 heavy (non-hydrogen) atoms. The molecule has 2 N–H and O–H groups in total. The van der Waals surface area contributed by atoms with E-state index in [-0.39, 0.29) is 57.0 Å². The number of nitrogens with one attached hydrogen (secondary N) is 2. The standard InChI is InChI=1S/C24H24N4O6/c29-22(27-21-5-1-2-10-25-21)8-9-24(31)28(15-23(30)26-13-18-4-3-11-32-18)14-17-6-7-19-20(12-17)34-16-33-19/h1-7,10-12H,8-9,13-16H2,(H,26,30)(H,25,27,29). The normalized spacial score (nSPS) is 11.6. The quantitative estimate of drug-likeness (QED) is 0.472. The number of nitrogens with zero attached hydrogens (tertiary/aromatic N) is 2. The van der Waals surface area contributed by atoms with Gasteiger partial charge in [-0.2, -0.15) is 0 Å². The topological polar surface area (TPSA) is 123 Å². The Labute approximate surface area is 195 Å². The molecule has 3 aromatic rings. The molecular formula is C24H24N4O6. The van der Waals surface area contributed by atoms with Crippen LogP contribution in [0.15, 0.2) is 65.4 Å². The molecule has 3 amide bonds. The van der Waals surface area contributed by atoms with Gasteiger partial charge in [-0.1, -0.05) is 12.1 Å². The minimum Gasteiger partial charge on any atom is -0.467 e. The predicted molar refractivity (Wildman–Crippen MR) is 121 cm³/mol. The lowest BCUT2D eigenvalue weighted by Crippen LogP contribution is -2.40. The van der Waals surface area contributed by atoms with Gasteiger partial charge in [-0.15, -0.1) is 0 Å². The number of amides is 3. The highest BCUT2D eigenvalue weighted by molar-refractivity contribution is 5.93. The van der Waals surface area contributed by atoms with Crippen LogP contribution in [0.2, 0.25) is 0 Å². The fraction of sp³-hybridized carbons (Fsp3) is 0.250. The molecule has 0 spiro atoms. The second kappa shape index (κ2) is 11.0. The third-order valence-corrected chi connectivity index (χ3v) is 5.04. The highest BCUT2D eigenvalue weighted by Crippen LogP contribution is 2.32. The molecule has 176 valence electrons. The van der Waals surface area contributed by atoms with Crippen molar-refractivity contribution >= 4 is 23.5 Å². The van der Waals surface area contributed by atoms with Gasteiger partial charge in [0.25, 0.3) is 0 Å². The number of furan rings is 1. The summed E-state index contributed by atoms with van der Waals surface area (Å²) in [6.07, 6.45) is 2.98. The van der Waals surface area contributed by atoms with Gasteiger partial charge in [0.15, 0.2) is 11.5 Å². The van der Waals surface area contributed by atoms with E-state index < -0.39 is 0 Å². The summed E-state index contributed by atoms with van der Waals surface area (Å²) in [5, 5.41) is 5.39. The maximum atomic E-state index is 13.0. The van der Waals surface area contributed by atoms with Gasteiger partial charge in [0.1, 0.15) is 11.6 Å². The second-order valence-corrected chi connectivity index (χ2v) is 7.56. The largest absolute Gasteiger partial charge is 0.467 e. The first-order valence-corrected chi connectivity index (χ1v) is 10.7. The predicted octanol–water partition coefficient (Wildman–Crippen LogP) is 2.47. The van der Waals surface area contributed by atoms with Gasteiger partial charge in [-0.25, -0.2) is 4.98 Å². The number of anilines is 1. The van der Waals surface area contributed by atoms with E-state index in [1.807, 2.05) is 6.07 Å². The van der Waals surface area contributed by atoms with Crippen molar-refractivity contribution in [1.82, 2.24) is 15.2 Å². The molecule has 2 aromatic heterocycles. The maximum Gasteiger partial charge on any atom is 0.240 e. The second-order valence-electron chi connectivity index (χ2n) is 7.56. The summed E-state index contributed by atoms with van der Waals surface area (Å²) < 4.78 is 15.9. The van der Waals surface area contributed by atoms with Gasteiger partial charge in [0.05, 0.1) is 19.4 Å². The van der Waals surface area contributed by atoms with Crippen molar-refractivity contribution in [3.8, 4) is 11.5 Å². The molecule has 10 heteroatoms. The van der Waals surface area contributed by atoms with Crippen molar-refractivity contribution in [1.29, 1.82) is 0 Å². The molecule has 3 heterocycles. The Morgan fingerprint density at radius 3 is 2.65 bits per heavy atom. The minimum atomic E-state index is -0.344. The van der Waals surface area contributed by atoms with Crippen LogP contribution in [0.3, 0.4) is 0 Å². The maximum absolute atomic E-state index is 13.0. The smallest absolute Gasteiger partial charge is 0.240 e. The summed E-state index contributed by atoms with van der Waals surface area (Å²) >= 11 is 0. The van der Waals surface area contributed by atoms with Gasteiger partial charge in [-0.3, -0.25) is 14.4 Å². The van der Waals surface area contributed by atoms with Gasteiger partial charge < -0.3 is 29.4 Å². The minimum absolute atomic E-state index is 0.0406. The lowest BCUT2D eigenvalue weighted by atomic mass is 10.1. The van der Waals surface area contributed by atoms with Gasteiger partial charge in [0, 0.05) is 25.6 Å². The lowest BCUT2D eigenvalue weighted by molar-refractivity contribution is -0.137. The Kier molecular flexibility index (Phi) is 7.39. The Morgan fingerprint density at radius 2 is 1.85 bits per heavy atom. The summed E-state index contributed by atoms with van der Waals surface area (Å²) in [5.41, 5.74) is 0.773. The van der Waals surface area contributed by atoms with E-state index in [4.69, 9.17) is 13.9 Å². The number of pyridine rings is 1. The van der Waals surface area contributed by atoms with E-state index in [9.17, 15) is 14.4 Å². The molecule has 0 saturated heterocycles. The number of hydrogen-bond acceptors (Lipinski definition) is 7. The number of benzene rings is 1. The molecule has 10 nitrogen and oxygen atoms in total. The number of ether oxygens (including phenoxy) is 2. The third kappa shape index (κ3) is 6.35. The molecule has 0 radical (unpaired) electrons. The molecule has 0 fully saturated rings. The Balaban J connectivity index is 1.37. The van der Waals surface area contributed by atoms with Crippen molar-refractivity contribution in [3.63, 3.8) is 0 Å². The molecule has 0 aliphatic carbocycles. The van der Waals surface area contributed by atoms with E-state index in [1.165, 1.54) is 11.2 Å². The fourth-order valence-corrected chi connectivity index (χ4v) is 3.34. The summed E-state index contributed by atoms with van der Waals surface area (Å²) in [7, 11) is 0. The summed E-state index contributed by atoms with van der Waals surface area (Å²) in [6, 6.07) is 14.0. The van der Waals surface area contributed by atoms with Crippen molar-refractivity contribution < 1.29 is 28.3 Å². The molecule has 0 atom stereocenters. The van der Waals surface area contributed by atoms with Crippen LogP contribution in [-0.2, 0) is 27.5 Å². The zero-order chi connectivity index (χ0) is 23.8. The molecule has 4 rings (SSSR count). The van der Waals surface area contributed by atoms with Crippen molar-refractivity contribution in [2.24, 2.45) is 0 Å². The van der Waals surface area contributed by atoms with Crippen LogP contribution in [0, 0.1) is 0 Å². The Morgan fingerprint density at radius 1 is 0.971 bits per heavy atom. The van der Waals surface area contributed by atoms with Crippen molar-refractivity contribution in [3.05, 3.63) is 72.3 Å². The van der Waals surface area contributed by atoms with E-state index in [1.54, 1.807) is 48.7 Å². The van der Waals surface area contributed by atoms with Crippen LogP contribution in [0.1, 0.15) is 24.2 Å². The Hall–Kier alpha value is -4.34. The van der Waals surface area contributed by atoms with Crippen molar-refractivity contribution in [2.45, 2.75) is 25.9 Å². The van der Waals surface area contributed by atoms with Crippen molar-refractivity contribution in [2.75, 3.05) is 18.7 Å². The molecule has 0 unspecified atom stereocenters. The van der Waals surface area contributed by atoms with E-state index >= 15 is 0 Å². The number of aromatic nitrogens is 1. The van der Waals surface area contributed by atoms with E-state index in [2.05, 4.69) is 15.6 Å². The number of carbonyl (C=O) groups is 3. The zero-order valence-electron chi connectivity index (χ0n) is 18.4. The van der Waals surface area contributed by atoms with Crippen LogP contribution in [0.5, 0.6) is 11.5 Å². The highest BCUT2D eigenvalue weighted by Gasteiger charge is 2.21. The molecule has 1 aliphatic heterocycles. The fourth-order valence-electron chi connectivity index (χ4n) is 3.34. The molecule has 1 aliphatic rings. The number of rotatable bonds is 10. The van der Waals surface area contributed by atoms with Crippen LogP contribution < -0.4 is 20.1 Å². The SMILES string of the molecule is O=C(CN(Cc1ccc2c(c1)OCO2)C(=O)CCC(=O)Nc1ccccn1)NCc1ccco1. The van der Waals surface area contributed by atoms with Gasteiger partial charge in [-0.05, 0) is 42.0 Å².